The second-order valence-corrected chi connectivity index (χ2v) is 8.96. The van der Waals surface area contributed by atoms with Crippen LogP contribution in [0, 0.1) is 11.7 Å². The van der Waals surface area contributed by atoms with E-state index in [0.717, 1.165) is 0 Å². The first-order valence-corrected chi connectivity index (χ1v) is 11.5. The number of benzene rings is 2. The van der Waals surface area contributed by atoms with Gasteiger partial charge in [0.25, 0.3) is 5.91 Å². The van der Waals surface area contributed by atoms with Crippen molar-refractivity contribution in [3.05, 3.63) is 70.1 Å². The van der Waals surface area contributed by atoms with E-state index in [9.17, 15) is 18.8 Å². The van der Waals surface area contributed by atoms with Crippen LogP contribution in [0.15, 0.2) is 42.5 Å². The molecule has 1 aliphatic heterocycles. The number of amides is 2. The summed E-state index contributed by atoms with van der Waals surface area (Å²) in [4.78, 5) is 38.5. The van der Waals surface area contributed by atoms with Crippen molar-refractivity contribution in [1.82, 2.24) is 20.0 Å². The minimum absolute atomic E-state index is 0.0705. The molecule has 2 N–H and O–H groups in total. The van der Waals surface area contributed by atoms with E-state index < -0.39 is 36.1 Å². The van der Waals surface area contributed by atoms with E-state index in [1.165, 1.54) is 30.0 Å². The molecule has 0 saturated heterocycles. The van der Waals surface area contributed by atoms with Crippen molar-refractivity contribution in [2.75, 3.05) is 13.1 Å². The van der Waals surface area contributed by atoms with E-state index in [2.05, 4.69) is 10.4 Å². The Hall–Kier alpha value is -3.92. The molecule has 2 amide bonds. The molecule has 1 aliphatic rings. The van der Waals surface area contributed by atoms with E-state index in [4.69, 9.17) is 21.4 Å². The molecule has 0 saturated carbocycles. The number of hydrogen-bond donors (Lipinski definition) is 2. The Bertz CT molecular complexity index is 1340. The molecular formula is C25H24ClFN4O5. The molecule has 4 rings (SSSR count). The topological polar surface area (TPSA) is 114 Å². The summed E-state index contributed by atoms with van der Waals surface area (Å²) >= 11 is 6.17. The van der Waals surface area contributed by atoms with Crippen LogP contribution in [0.1, 0.15) is 28.5 Å². The molecule has 1 aromatic heterocycles. The van der Waals surface area contributed by atoms with Crippen molar-refractivity contribution >= 4 is 29.4 Å². The van der Waals surface area contributed by atoms with E-state index in [0.29, 0.717) is 27.6 Å². The van der Waals surface area contributed by atoms with Gasteiger partial charge in [-0.15, -0.1) is 0 Å². The highest BCUT2D eigenvalue weighted by atomic mass is 35.5. The molecule has 0 fully saturated rings. The number of rotatable bonds is 8. The smallest absolute Gasteiger partial charge is 0.308 e. The summed E-state index contributed by atoms with van der Waals surface area (Å²) in [5, 5.41) is 16.5. The van der Waals surface area contributed by atoms with Crippen LogP contribution >= 0.6 is 11.6 Å². The van der Waals surface area contributed by atoms with Crippen molar-refractivity contribution in [3.63, 3.8) is 0 Å². The highest BCUT2D eigenvalue weighted by Crippen LogP contribution is 2.40. The summed E-state index contributed by atoms with van der Waals surface area (Å²) in [5.41, 5.74) is 2.15. The molecule has 9 nitrogen and oxygen atoms in total. The number of carbonyl (C=O) groups excluding carboxylic acids is 2. The summed E-state index contributed by atoms with van der Waals surface area (Å²) in [6.07, 6.45) is 0. The number of carboxylic acids is 1. The first-order chi connectivity index (χ1) is 17.2. The standard InChI is InChI=1S/C25H24ClFN4O5/c1-14(25(34)35)10-28-21(32)12-31(11-15-5-3-4-6-19(15)27)24(33)22-18-13-36-20-8-7-16(26)9-17(20)23(18)30(2)29-22/h3-9,14H,10-13H2,1-2H3,(H,28,32)(H,34,35). The fourth-order valence-corrected chi connectivity index (χ4v) is 4.11. The molecule has 2 aromatic carbocycles. The molecule has 0 radical (unpaired) electrons. The lowest BCUT2D eigenvalue weighted by molar-refractivity contribution is -0.141. The third-order valence-electron chi connectivity index (χ3n) is 5.88. The summed E-state index contributed by atoms with van der Waals surface area (Å²) in [6, 6.07) is 11.1. The predicted octanol–water partition coefficient (Wildman–Crippen LogP) is 3.25. The second kappa shape index (κ2) is 10.4. The van der Waals surface area contributed by atoms with Crippen molar-refractivity contribution in [1.29, 1.82) is 0 Å². The third kappa shape index (κ3) is 5.18. The third-order valence-corrected chi connectivity index (χ3v) is 6.12. The van der Waals surface area contributed by atoms with E-state index in [1.54, 1.807) is 36.0 Å². The van der Waals surface area contributed by atoms with Crippen LogP contribution in [0.4, 0.5) is 4.39 Å². The van der Waals surface area contributed by atoms with Crippen molar-refractivity contribution < 1.29 is 28.6 Å². The summed E-state index contributed by atoms with van der Waals surface area (Å²) in [7, 11) is 1.69. The maximum absolute atomic E-state index is 14.4. The summed E-state index contributed by atoms with van der Waals surface area (Å²) in [6.45, 7) is 0.806. The van der Waals surface area contributed by atoms with Gasteiger partial charge in [-0.2, -0.15) is 5.10 Å². The molecule has 1 atom stereocenters. The molecule has 0 aliphatic carbocycles. The lowest BCUT2D eigenvalue weighted by Gasteiger charge is -2.23. The van der Waals surface area contributed by atoms with Gasteiger partial charge in [-0.25, -0.2) is 4.39 Å². The minimum atomic E-state index is -1.06. The number of carboxylic acid groups (broad SMARTS) is 1. The lowest BCUT2D eigenvalue weighted by atomic mass is 10.0. The van der Waals surface area contributed by atoms with Crippen molar-refractivity contribution in [3.8, 4) is 17.0 Å². The van der Waals surface area contributed by atoms with Gasteiger partial charge >= 0.3 is 5.97 Å². The van der Waals surface area contributed by atoms with Crippen LogP contribution in [0.25, 0.3) is 11.3 Å². The van der Waals surface area contributed by atoms with Gasteiger partial charge in [0, 0.05) is 41.9 Å². The van der Waals surface area contributed by atoms with Gasteiger partial charge in [-0.05, 0) is 24.3 Å². The van der Waals surface area contributed by atoms with Crippen LogP contribution < -0.4 is 10.1 Å². The minimum Gasteiger partial charge on any atom is -0.488 e. The van der Waals surface area contributed by atoms with Crippen LogP contribution in [-0.2, 0) is 29.8 Å². The van der Waals surface area contributed by atoms with Crippen LogP contribution in [0.3, 0.4) is 0 Å². The Morgan fingerprint density at radius 1 is 1.28 bits per heavy atom. The van der Waals surface area contributed by atoms with Gasteiger partial charge in [-0.1, -0.05) is 36.7 Å². The molecule has 36 heavy (non-hydrogen) atoms. The average Bonchev–Trinajstić information content (AvgIpc) is 3.19. The van der Waals surface area contributed by atoms with Crippen molar-refractivity contribution in [2.24, 2.45) is 13.0 Å². The fourth-order valence-electron chi connectivity index (χ4n) is 3.94. The van der Waals surface area contributed by atoms with Crippen molar-refractivity contribution in [2.45, 2.75) is 20.1 Å². The highest BCUT2D eigenvalue weighted by molar-refractivity contribution is 6.31. The number of hydrogen-bond acceptors (Lipinski definition) is 5. The Kier molecular flexibility index (Phi) is 7.25. The van der Waals surface area contributed by atoms with Gasteiger partial charge in [0.05, 0.1) is 11.6 Å². The first kappa shape index (κ1) is 25.2. The zero-order valence-electron chi connectivity index (χ0n) is 19.6. The maximum Gasteiger partial charge on any atom is 0.308 e. The number of nitrogens with zero attached hydrogens (tertiary/aromatic N) is 3. The van der Waals surface area contributed by atoms with Gasteiger partial charge in [0.2, 0.25) is 5.91 Å². The normalized spacial score (nSPS) is 12.7. The number of aliphatic carboxylic acids is 1. The number of aromatic nitrogens is 2. The van der Waals surface area contributed by atoms with Crippen LogP contribution in [0.5, 0.6) is 5.75 Å². The molecule has 11 heteroatoms. The first-order valence-electron chi connectivity index (χ1n) is 11.2. The molecular weight excluding hydrogens is 491 g/mol. The lowest BCUT2D eigenvalue weighted by Crippen LogP contribution is -2.42. The summed E-state index contributed by atoms with van der Waals surface area (Å²) in [5.74, 6) is -2.96. The SMILES string of the molecule is CC(CNC(=O)CN(Cc1ccccc1F)C(=O)c1nn(C)c2c1COc1ccc(Cl)cc1-2)C(=O)O. The largest absolute Gasteiger partial charge is 0.488 e. The monoisotopic (exact) mass is 514 g/mol. The molecule has 1 unspecified atom stereocenters. The Labute approximate surface area is 211 Å². The van der Waals surface area contributed by atoms with E-state index >= 15 is 0 Å². The fraction of sp³-hybridized carbons (Fsp3) is 0.280. The summed E-state index contributed by atoms with van der Waals surface area (Å²) < 4.78 is 21.8. The quantitative estimate of drug-likeness (QED) is 0.477. The van der Waals surface area contributed by atoms with Crippen LogP contribution in [-0.4, -0.2) is 50.7 Å². The second-order valence-electron chi connectivity index (χ2n) is 8.52. The number of fused-ring (bicyclic) bond motifs is 3. The zero-order valence-corrected chi connectivity index (χ0v) is 20.4. The maximum atomic E-state index is 14.4. The molecule has 2 heterocycles. The van der Waals surface area contributed by atoms with E-state index in [1.807, 2.05) is 0 Å². The van der Waals surface area contributed by atoms with Crippen LogP contribution in [0.2, 0.25) is 5.02 Å². The molecule has 0 bridgehead atoms. The van der Waals surface area contributed by atoms with Gasteiger partial charge < -0.3 is 20.1 Å². The highest BCUT2D eigenvalue weighted by Gasteiger charge is 2.32. The number of ether oxygens (including phenoxy) is 1. The Morgan fingerprint density at radius 3 is 2.75 bits per heavy atom. The van der Waals surface area contributed by atoms with Gasteiger partial charge in [0.1, 0.15) is 24.7 Å². The van der Waals surface area contributed by atoms with E-state index in [-0.39, 0.29) is 31.0 Å². The van der Waals surface area contributed by atoms with Gasteiger partial charge in [0.15, 0.2) is 5.69 Å². The number of aryl methyl sites for hydroxylation is 1. The molecule has 3 aromatic rings. The molecule has 0 spiro atoms. The number of nitrogens with one attached hydrogen (secondary N) is 1. The number of carbonyl (C=O) groups is 3. The van der Waals surface area contributed by atoms with Gasteiger partial charge in [-0.3, -0.25) is 19.1 Å². The number of halogens is 2. The molecule has 188 valence electrons. The Balaban J connectivity index is 1.65. The predicted molar refractivity (Wildman–Crippen MR) is 129 cm³/mol. The Morgan fingerprint density at radius 2 is 2.03 bits per heavy atom. The average molecular weight is 515 g/mol. The zero-order chi connectivity index (χ0) is 26.0.